The van der Waals surface area contributed by atoms with Gasteiger partial charge in [0.1, 0.15) is 17.0 Å². The Kier molecular flexibility index (Phi) is 5.75. The summed E-state index contributed by atoms with van der Waals surface area (Å²) in [6.07, 6.45) is 3.60. The van der Waals surface area contributed by atoms with E-state index in [-0.39, 0.29) is 29.4 Å². The third-order valence-corrected chi connectivity index (χ3v) is 9.17. The lowest BCUT2D eigenvalue weighted by Crippen LogP contribution is -2.53. The molecule has 2 aromatic rings. The smallest absolute Gasteiger partial charge is 0.240 e. The minimum Gasteiger partial charge on any atom is -0.356 e. The van der Waals surface area contributed by atoms with Crippen molar-refractivity contribution in [3.63, 3.8) is 0 Å². The van der Waals surface area contributed by atoms with Crippen molar-refractivity contribution in [3.8, 4) is 0 Å². The molecule has 10 heteroatoms. The monoisotopic (exact) mass is 451 g/mol. The van der Waals surface area contributed by atoms with Gasteiger partial charge < -0.3 is 4.90 Å². The number of aromatic nitrogens is 2. The fourth-order valence-corrected chi connectivity index (χ4v) is 7.28. The van der Waals surface area contributed by atoms with E-state index in [1.807, 2.05) is 14.1 Å². The fourth-order valence-electron chi connectivity index (χ4n) is 4.60. The van der Waals surface area contributed by atoms with Crippen LogP contribution in [-0.2, 0) is 14.6 Å². The number of hydrazine groups is 1. The molecule has 0 radical (unpaired) electrons. The van der Waals surface area contributed by atoms with Gasteiger partial charge in [0.15, 0.2) is 9.84 Å². The van der Waals surface area contributed by atoms with Gasteiger partial charge in [-0.15, -0.1) is 11.3 Å². The van der Waals surface area contributed by atoms with Crippen molar-refractivity contribution in [1.29, 1.82) is 0 Å². The van der Waals surface area contributed by atoms with Gasteiger partial charge in [0, 0.05) is 38.0 Å². The Hall–Kier alpha value is -1.78. The second-order valence-electron chi connectivity index (χ2n) is 8.51. The molecule has 2 fully saturated rings. The minimum atomic E-state index is -3.05. The summed E-state index contributed by atoms with van der Waals surface area (Å²) in [5.74, 6) is 1.12. The van der Waals surface area contributed by atoms with Crippen LogP contribution in [0.15, 0.2) is 6.33 Å². The van der Waals surface area contributed by atoms with Crippen LogP contribution in [0, 0.1) is 19.8 Å². The number of anilines is 1. The molecule has 0 unspecified atom stereocenters. The molecular weight excluding hydrogens is 422 g/mol. The summed E-state index contributed by atoms with van der Waals surface area (Å²) >= 11 is 1.69. The molecule has 8 nitrogen and oxygen atoms in total. The first-order chi connectivity index (χ1) is 14.2. The lowest BCUT2D eigenvalue weighted by atomic mass is 9.94. The summed E-state index contributed by atoms with van der Waals surface area (Å²) in [5.41, 5.74) is 1.23. The fraction of sp³-hybridized carbons (Fsp3) is 0.650. The van der Waals surface area contributed by atoms with E-state index >= 15 is 0 Å². The zero-order chi connectivity index (χ0) is 21.6. The first kappa shape index (κ1) is 21.5. The lowest BCUT2D eigenvalue weighted by molar-refractivity contribution is -0.154. The highest BCUT2D eigenvalue weighted by Crippen LogP contribution is 2.36. The third-order valence-electron chi connectivity index (χ3n) is 6.30. The highest BCUT2D eigenvalue weighted by Gasteiger charge is 2.39. The number of aryl methyl sites for hydroxylation is 2. The maximum absolute atomic E-state index is 13.3. The van der Waals surface area contributed by atoms with Gasteiger partial charge in [-0.05, 0) is 38.7 Å². The van der Waals surface area contributed by atoms with E-state index < -0.39 is 9.84 Å². The standard InChI is InChI=1S/C20H29N5O3S2/c1-13-14(2)29-19-17(13)18(21-12-22-19)24-8-5-15(6-9-24)20(26)25(23(3)4)16-7-10-30(27,28)11-16/h12,15-16H,5-11H2,1-4H3/t16-/m0/s1. The maximum atomic E-state index is 13.3. The molecule has 2 aromatic heterocycles. The van der Waals surface area contributed by atoms with Gasteiger partial charge in [0.2, 0.25) is 5.91 Å². The van der Waals surface area contributed by atoms with E-state index in [9.17, 15) is 13.2 Å². The Bertz CT molecular complexity index is 1060. The average Bonchev–Trinajstić information content (AvgIpc) is 3.20. The van der Waals surface area contributed by atoms with Crippen LogP contribution in [0.4, 0.5) is 5.82 Å². The van der Waals surface area contributed by atoms with Gasteiger partial charge in [0.05, 0.1) is 22.9 Å². The summed E-state index contributed by atoms with van der Waals surface area (Å²) in [5, 5.41) is 4.56. The van der Waals surface area contributed by atoms with E-state index in [0.717, 1.165) is 42.0 Å². The summed E-state index contributed by atoms with van der Waals surface area (Å²) < 4.78 is 23.9. The lowest BCUT2D eigenvalue weighted by Gasteiger charge is -2.39. The number of fused-ring (bicyclic) bond motifs is 1. The predicted molar refractivity (Wildman–Crippen MR) is 119 cm³/mol. The number of sulfone groups is 1. The highest BCUT2D eigenvalue weighted by atomic mass is 32.2. The second-order valence-corrected chi connectivity index (χ2v) is 11.9. The quantitative estimate of drug-likeness (QED) is 0.657. The van der Waals surface area contributed by atoms with Gasteiger partial charge in [0.25, 0.3) is 0 Å². The number of piperidine rings is 1. The van der Waals surface area contributed by atoms with Gasteiger partial charge in [-0.1, -0.05) is 0 Å². The summed E-state index contributed by atoms with van der Waals surface area (Å²) in [7, 11) is 0.586. The van der Waals surface area contributed by atoms with Crippen LogP contribution >= 0.6 is 11.3 Å². The largest absolute Gasteiger partial charge is 0.356 e. The van der Waals surface area contributed by atoms with Crippen LogP contribution in [0.5, 0.6) is 0 Å². The predicted octanol–water partition coefficient (Wildman–Crippen LogP) is 2.02. The van der Waals surface area contributed by atoms with Crippen LogP contribution in [0.3, 0.4) is 0 Å². The Morgan fingerprint density at radius 2 is 1.87 bits per heavy atom. The molecule has 2 aliphatic rings. The number of hydrogen-bond acceptors (Lipinski definition) is 8. The van der Waals surface area contributed by atoms with Gasteiger partial charge in [-0.3, -0.25) is 9.80 Å². The summed E-state index contributed by atoms with van der Waals surface area (Å²) in [4.78, 5) is 26.8. The number of amides is 1. The molecular formula is C20H29N5O3S2. The molecule has 4 heterocycles. The van der Waals surface area contributed by atoms with Crippen LogP contribution in [0.25, 0.3) is 10.2 Å². The molecule has 0 N–H and O–H groups in total. The summed E-state index contributed by atoms with van der Waals surface area (Å²) in [6, 6.07) is -0.256. The molecule has 1 atom stereocenters. The molecule has 0 bridgehead atoms. The first-order valence-corrected chi connectivity index (χ1v) is 13.0. The number of rotatable bonds is 4. The van der Waals surface area contributed by atoms with Crippen molar-refractivity contribution in [3.05, 3.63) is 16.8 Å². The molecule has 2 aliphatic heterocycles. The second kappa shape index (κ2) is 8.05. The van der Waals surface area contributed by atoms with Gasteiger partial charge in [-0.2, -0.15) is 0 Å². The SMILES string of the molecule is Cc1sc2ncnc(N3CCC(C(=O)N([C@H]4CCS(=O)(=O)C4)N(C)C)CC3)c2c1C. The molecule has 164 valence electrons. The van der Waals surface area contributed by atoms with E-state index in [1.165, 1.54) is 10.4 Å². The number of carbonyl (C=O) groups excluding carboxylic acids is 1. The average molecular weight is 452 g/mol. The molecule has 2 saturated heterocycles. The minimum absolute atomic E-state index is 0.0390. The highest BCUT2D eigenvalue weighted by molar-refractivity contribution is 7.91. The number of hydrogen-bond donors (Lipinski definition) is 0. The maximum Gasteiger partial charge on any atom is 0.240 e. The molecule has 0 aromatic carbocycles. The van der Waals surface area contributed by atoms with Crippen molar-refractivity contribution < 1.29 is 13.2 Å². The topological polar surface area (TPSA) is 86.7 Å². The number of nitrogens with zero attached hydrogens (tertiary/aromatic N) is 5. The van der Waals surface area contributed by atoms with Crippen LogP contribution < -0.4 is 4.90 Å². The molecule has 4 rings (SSSR count). The van der Waals surface area contributed by atoms with Gasteiger partial charge >= 0.3 is 0 Å². The Morgan fingerprint density at radius 3 is 2.47 bits per heavy atom. The third kappa shape index (κ3) is 3.92. The van der Waals surface area contributed by atoms with Crippen molar-refractivity contribution in [2.24, 2.45) is 5.92 Å². The Morgan fingerprint density at radius 1 is 1.17 bits per heavy atom. The first-order valence-electron chi connectivity index (χ1n) is 10.3. The molecule has 1 amide bonds. The van der Waals surface area contributed by atoms with E-state index in [4.69, 9.17) is 0 Å². The van der Waals surface area contributed by atoms with E-state index in [2.05, 4.69) is 28.7 Å². The molecule has 0 spiro atoms. The van der Waals surface area contributed by atoms with Crippen LogP contribution in [0.1, 0.15) is 29.7 Å². The van der Waals surface area contributed by atoms with Crippen molar-refractivity contribution in [2.45, 2.75) is 39.2 Å². The van der Waals surface area contributed by atoms with Crippen molar-refractivity contribution in [1.82, 2.24) is 20.0 Å². The zero-order valence-electron chi connectivity index (χ0n) is 18.0. The molecule has 0 aliphatic carbocycles. The van der Waals surface area contributed by atoms with Gasteiger partial charge in [-0.25, -0.2) is 23.4 Å². The van der Waals surface area contributed by atoms with Crippen molar-refractivity contribution >= 4 is 43.1 Å². The number of carbonyl (C=O) groups is 1. The van der Waals surface area contributed by atoms with E-state index in [1.54, 1.807) is 27.7 Å². The van der Waals surface area contributed by atoms with Crippen LogP contribution in [-0.4, -0.2) is 79.0 Å². The zero-order valence-corrected chi connectivity index (χ0v) is 19.6. The normalized spacial score (nSPS) is 22.2. The van der Waals surface area contributed by atoms with Crippen LogP contribution in [0.2, 0.25) is 0 Å². The van der Waals surface area contributed by atoms with Crippen molar-refractivity contribution in [2.75, 3.05) is 43.6 Å². The number of thiophene rings is 1. The Balaban J connectivity index is 1.48. The Labute approximate surface area is 181 Å². The van der Waals surface area contributed by atoms with E-state index in [0.29, 0.717) is 6.42 Å². The molecule has 0 saturated carbocycles. The molecule has 30 heavy (non-hydrogen) atoms. The summed E-state index contributed by atoms with van der Waals surface area (Å²) in [6.45, 7) is 5.72.